The fourth-order valence-electron chi connectivity index (χ4n) is 3.60. The first-order valence-electron chi connectivity index (χ1n) is 9.68. The third-order valence-corrected chi connectivity index (χ3v) is 5.87. The molecule has 186 valence electrons. The molecule has 1 atom stereocenters. The smallest absolute Gasteiger partial charge is 0.360 e. The SMILES string of the molecule is O=C(c1ccc(F)cc1C(F)(F)F)c1cnc2n1CCN(c1cnn(COS(=O)O)c(=O)c1Cl)C2. The zero-order chi connectivity index (χ0) is 25.5. The molecule has 0 saturated heterocycles. The molecule has 1 aromatic carbocycles. The zero-order valence-electron chi connectivity index (χ0n) is 17.3. The van der Waals surface area contributed by atoms with Crippen LogP contribution in [0.15, 0.2) is 35.4 Å². The number of carbonyl (C=O) groups excluding carboxylic acids is 1. The zero-order valence-corrected chi connectivity index (χ0v) is 18.9. The molecule has 0 fully saturated rings. The first-order valence-corrected chi connectivity index (χ1v) is 11.1. The third kappa shape index (κ3) is 4.98. The summed E-state index contributed by atoms with van der Waals surface area (Å²) in [6.45, 7) is -0.252. The van der Waals surface area contributed by atoms with Crippen molar-refractivity contribution in [2.24, 2.45) is 0 Å². The van der Waals surface area contributed by atoms with Gasteiger partial charge in [-0.05, 0) is 18.2 Å². The Morgan fingerprint density at radius 2 is 2.00 bits per heavy atom. The van der Waals surface area contributed by atoms with Gasteiger partial charge in [0.2, 0.25) is 5.78 Å². The lowest BCUT2D eigenvalue weighted by molar-refractivity contribution is -0.138. The summed E-state index contributed by atoms with van der Waals surface area (Å²) in [5, 5.41) is 3.60. The van der Waals surface area contributed by atoms with Crippen molar-refractivity contribution in [3.05, 3.63) is 74.4 Å². The Morgan fingerprint density at radius 3 is 2.69 bits per heavy atom. The van der Waals surface area contributed by atoms with Crippen LogP contribution in [0.1, 0.15) is 27.4 Å². The van der Waals surface area contributed by atoms with E-state index in [1.165, 1.54) is 10.8 Å². The van der Waals surface area contributed by atoms with Gasteiger partial charge in [-0.25, -0.2) is 18.2 Å². The lowest BCUT2D eigenvalue weighted by atomic mass is 10.0. The highest BCUT2D eigenvalue weighted by Gasteiger charge is 2.37. The van der Waals surface area contributed by atoms with Crippen LogP contribution in [-0.2, 0) is 41.5 Å². The summed E-state index contributed by atoms with van der Waals surface area (Å²) in [6, 6.07) is 1.83. The lowest BCUT2D eigenvalue weighted by Crippen LogP contribution is -2.37. The minimum atomic E-state index is -4.93. The Balaban J connectivity index is 1.61. The number of anilines is 1. The average molecular weight is 536 g/mol. The Kier molecular flexibility index (Phi) is 6.77. The molecule has 3 aromatic rings. The summed E-state index contributed by atoms with van der Waals surface area (Å²) in [7, 11) is 0. The standard InChI is InChI=1S/C19H14ClF4N5O5S/c20-16-13(7-26-29(18(16)31)9-34-35(32)33)27-3-4-28-14(6-25-15(28)8-27)17(30)11-2-1-10(21)5-12(11)19(22,23)24/h1-2,5-7H,3-4,8-9H2,(H,32,33). The Labute approximate surface area is 201 Å². The minimum absolute atomic E-state index is 0.0465. The number of nitrogens with zero attached hydrogens (tertiary/aromatic N) is 5. The number of carbonyl (C=O) groups is 1. The maximum atomic E-state index is 13.4. The minimum Gasteiger partial charge on any atom is -0.360 e. The molecule has 0 bridgehead atoms. The van der Waals surface area contributed by atoms with Gasteiger partial charge in [0.15, 0.2) is 6.73 Å². The number of benzene rings is 1. The molecule has 10 nitrogen and oxygen atoms in total. The van der Waals surface area contributed by atoms with E-state index < -0.39 is 52.6 Å². The first kappa shape index (κ1) is 25.0. The summed E-state index contributed by atoms with van der Waals surface area (Å²) in [5.41, 5.74) is -2.76. The van der Waals surface area contributed by atoms with Gasteiger partial charge < -0.3 is 9.47 Å². The summed E-state index contributed by atoms with van der Waals surface area (Å²) < 4.78 is 79.4. The largest absolute Gasteiger partial charge is 0.417 e. The van der Waals surface area contributed by atoms with E-state index in [4.69, 9.17) is 16.2 Å². The highest BCUT2D eigenvalue weighted by molar-refractivity contribution is 7.74. The quantitative estimate of drug-likeness (QED) is 0.291. The predicted octanol–water partition coefficient (Wildman–Crippen LogP) is 2.61. The molecule has 1 unspecified atom stereocenters. The number of ketones is 1. The van der Waals surface area contributed by atoms with E-state index in [2.05, 4.69) is 14.3 Å². The van der Waals surface area contributed by atoms with Gasteiger partial charge in [-0.3, -0.25) is 14.1 Å². The van der Waals surface area contributed by atoms with Crippen molar-refractivity contribution in [1.29, 1.82) is 0 Å². The van der Waals surface area contributed by atoms with Crippen molar-refractivity contribution in [3.8, 4) is 0 Å². The summed E-state index contributed by atoms with van der Waals surface area (Å²) in [5.74, 6) is -1.77. The Bertz CT molecular complexity index is 1390. The maximum absolute atomic E-state index is 13.4. The molecular weight excluding hydrogens is 522 g/mol. The van der Waals surface area contributed by atoms with E-state index in [0.717, 1.165) is 23.0 Å². The summed E-state index contributed by atoms with van der Waals surface area (Å²) in [4.78, 5) is 31.1. The van der Waals surface area contributed by atoms with Crippen LogP contribution in [0.25, 0.3) is 0 Å². The van der Waals surface area contributed by atoms with Gasteiger partial charge in [-0.2, -0.15) is 22.5 Å². The van der Waals surface area contributed by atoms with Crippen LogP contribution in [0.4, 0.5) is 23.2 Å². The monoisotopic (exact) mass is 535 g/mol. The van der Waals surface area contributed by atoms with Gasteiger partial charge >= 0.3 is 17.5 Å². The Morgan fingerprint density at radius 1 is 1.26 bits per heavy atom. The maximum Gasteiger partial charge on any atom is 0.417 e. The van der Waals surface area contributed by atoms with E-state index in [1.807, 2.05) is 0 Å². The van der Waals surface area contributed by atoms with Crippen LogP contribution in [0.2, 0.25) is 5.02 Å². The number of hydrogen-bond donors (Lipinski definition) is 1. The van der Waals surface area contributed by atoms with Gasteiger partial charge in [0.25, 0.3) is 5.56 Å². The molecule has 0 amide bonds. The molecule has 0 radical (unpaired) electrons. The van der Waals surface area contributed by atoms with E-state index in [9.17, 15) is 31.4 Å². The number of rotatable bonds is 6. The molecule has 0 spiro atoms. The molecule has 1 N–H and O–H groups in total. The van der Waals surface area contributed by atoms with E-state index in [1.54, 1.807) is 4.90 Å². The second-order valence-electron chi connectivity index (χ2n) is 7.26. The molecule has 0 saturated carbocycles. The van der Waals surface area contributed by atoms with Crippen LogP contribution < -0.4 is 10.5 Å². The molecule has 3 heterocycles. The number of aromatic nitrogens is 4. The molecule has 4 rings (SSSR count). The van der Waals surface area contributed by atoms with Gasteiger partial charge in [0, 0.05) is 18.7 Å². The van der Waals surface area contributed by atoms with Crippen molar-refractivity contribution in [2.75, 3.05) is 11.4 Å². The second kappa shape index (κ2) is 9.49. The van der Waals surface area contributed by atoms with Crippen LogP contribution in [0, 0.1) is 5.82 Å². The lowest BCUT2D eigenvalue weighted by Gasteiger charge is -2.30. The molecule has 1 aliphatic heterocycles. The van der Waals surface area contributed by atoms with E-state index in [-0.39, 0.29) is 42.1 Å². The van der Waals surface area contributed by atoms with Gasteiger partial charge in [0.05, 0.1) is 30.2 Å². The number of imidazole rings is 1. The van der Waals surface area contributed by atoms with E-state index in [0.29, 0.717) is 5.82 Å². The molecule has 16 heteroatoms. The summed E-state index contributed by atoms with van der Waals surface area (Å²) >= 11 is 3.54. The fourth-order valence-corrected chi connectivity index (χ4v) is 4.05. The normalized spacial score (nSPS) is 14.6. The molecule has 0 aliphatic carbocycles. The fraction of sp³-hybridized carbons (Fsp3) is 0.263. The number of fused-ring (bicyclic) bond motifs is 1. The topological polar surface area (TPSA) is 120 Å². The highest BCUT2D eigenvalue weighted by Crippen LogP contribution is 2.34. The van der Waals surface area contributed by atoms with Crippen molar-refractivity contribution < 1.29 is 35.3 Å². The van der Waals surface area contributed by atoms with Crippen LogP contribution in [0.5, 0.6) is 0 Å². The number of hydrogen-bond acceptors (Lipinski definition) is 7. The summed E-state index contributed by atoms with van der Waals surface area (Å²) in [6.07, 6.45) is -2.56. The van der Waals surface area contributed by atoms with E-state index >= 15 is 0 Å². The van der Waals surface area contributed by atoms with Gasteiger partial charge in [0.1, 0.15) is 22.4 Å². The number of halogens is 5. The van der Waals surface area contributed by atoms with Crippen molar-refractivity contribution >= 4 is 34.4 Å². The predicted molar refractivity (Wildman–Crippen MR) is 113 cm³/mol. The van der Waals surface area contributed by atoms with Crippen molar-refractivity contribution in [2.45, 2.75) is 26.0 Å². The van der Waals surface area contributed by atoms with Crippen LogP contribution in [-0.4, -0.2) is 40.4 Å². The van der Waals surface area contributed by atoms with Gasteiger partial charge in [-0.1, -0.05) is 11.6 Å². The van der Waals surface area contributed by atoms with Crippen LogP contribution in [0.3, 0.4) is 0 Å². The number of alkyl halides is 3. The molecular formula is C19H14ClF4N5O5S. The van der Waals surface area contributed by atoms with Crippen molar-refractivity contribution in [3.63, 3.8) is 0 Å². The molecule has 2 aromatic heterocycles. The molecule has 35 heavy (non-hydrogen) atoms. The third-order valence-electron chi connectivity index (χ3n) is 5.21. The first-order chi connectivity index (χ1) is 16.5. The molecule has 1 aliphatic rings. The second-order valence-corrected chi connectivity index (χ2v) is 8.31. The highest BCUT2D eigenvalue weighted by atomic mass is 35.5. The Hall–Kier alpha value is -3.14. The average Bonchev–Trinajstić information content (AvgIpc) is 3.22. The van der Waals surface area contributed by atoms with Gasteiger partial charge in [-0.15, -0.1) is 0 Å². The van der Waals surface area contributed by atoms with Crippen molar-refractivity contribution in [1.82, 2.24) is 19.3 Å². The van der Waals surface area contributed by atoms with Crippen LogP contribution >= 0.6 is 11.6 Å².